The highest BCUT2D eigenvalue weighted by atomic mass is 19.1. The molecule has 28 heavy (non-hydrogen) atoms. The first-order chi connectivity index (χ1) is 13.7. The number of aromatic nitrogens is 1. The maximum Gasteiger partial charge on any atom is 0.253 e. The lowest BCUT2D eigenvalue weighted by Crippen LogP contribution is -2.28. The van der Waals surface area contributed by atoms with Crippen LogP contribution < -0.4 is 20.1 Å². The predicted molar refractivity (Wildman–Crippen MR) is 105 cm³/mol. The molecule has 1 aromatic heterocycles. The number of anilines is 2. The summed E-state index contributed by atoms with van der Waals surface area (Å²) in [4.78, 5) is 16.3. The Morgan fingerprint density at radius 1 is 1.07 bits per heavy atom. The van der Waals surface area contributed by atoms with Gasteiger partial charge in [-0.3, -0.25) is 9.78 Å². The summed E-state index contributed by atoms with van der Waals surface area (Å²) in [7, 11) is 1.60. The van der Waals surface area contributed by atoms with Crippen LogP contribution in [0.1, 0.15) is 10.4 Å². The topological polar surface area (TPSA) is 72.5 Å². The van der Waals surface area contributed by atoms with Gasteiger partial charge in [0.15, 0.2) is 0 Å². The van der Waals surface area contributed by atoms with Crippen LogP contribution in [0.15, 0.2) is 67.0 Å². The Morgan fingerprint density at radius 3 is 2.57 bits per heavy atom. The van der Waals surface area contributed by atoms with E-state index in [9.17, 15) is 9.18 Å². The number of halogens is 1. The molecule has 0 aliphatic rings. The van der Waals surface area contributed by atoms with Gasteiger partial charge >= 0.3 is 0 Å². The van der Waals surface area contributed by atoms with Gasteiger partial charge in [0.05, 0.1) is 36.8 Å². The van der Waals surface area contributed by atoms with Crippen molar-refractivity contribution in [3.63, 3.8) is 0 Å². The summed E-state index contributed by atoms with van der Waals surface area (Å²) in [5.74, 6) is 0.765. The van der Waals surface area contributed by atoms with Crippen LogP contribution in [0, 0.1) is 5.82 Å². The fraction of sp³-hybridized carbons (Fsp3) is 0.143. The Balaban J connectivity index is 1.50. The maximum absolute atomic E-state index is 13.7. The first kappa shape index (κ1) is 19.2. The number of ether oxygens (including phenoxy) is 2. The van der Waals surface area contributed by atoms with Crippen molar-refractivity contribution in [2.24, 2.45) is 0 Å². The van der Waals surface area contributed by atoms with Gasteiger partial charge in [-0.15, -0.1) is 0 Å². The van der Waals surface area contributed by atoms with Crippen LogP contribution in [-0.2, 0) is 0 Å². The molecule has 0 unspecified atom stereocenters. The monoisotopic (exact) mass is 381 g/mol. The number of carbonyl (C=O) groups excluding carboxylic acids is 1. The van der Waals surface area contributed by atoms with Gasteiger partial charge in [0, 0.05) is 6.20 Å². The van der Waals surface area contributed by atoms with E-state index < -0.39 is 0 Å². The Hall–Kier alpha value is -3.61. The summed E-state index contributed by atoms with van der Waals surface area (Å²) in [5.41, 5.74) is 1.20. The molecule has 0 aliphatic carbocycles. The van der Waals surface area contributed by atoms with Crippen molar-refractivity contribution in [1.82, 2.24) is 10.3 Å². The molecule has 0 fully saturated rings. The van der Waals surface area contributed by atoms with Crippen LogP contribution in [-0.4, -0.2) is 31.2 Å². The number of nitrogens with one attached hydrogen (secondary N) is 2. The van der Waals surface area contributed by atoms with E-state index >= 15 is 0 Å². The lowest BCUT2D eigenvalue weighted by atomic mass is 10.2. The molecule has 7 heteroatoms. The molecule has 2 N–H and O–H groups in total. The van der Waals surface area contributed by atoms with Gasteiger partial charge in [-0.25, -0.2) is 4.39 Å². The van der Waals surface area contributed by atoms with Gasteiger partial charge in [-0.1, -0.05) is 12.1 Å². The maximum atomic E-state index is 13.7. The van der Waals surface area contributed by atoms with E-state index in [1.807, 2.05) is 0 Å². The normalized spacial score (nSPS) is 10.2. The SMILES string of the molecule is COc1ccc(OCCNC(=O)c2cncc(Nc3ccccc3F)c2)cc1. The number of carbonyl (C=O) groups is 1. The largest absolute Gasteiger partial charge is 0.497 e. The summed E-state index contributed by atoms with van der Waals surface area (Å²) in [6.07, 6.45) is 2.97. The molecule has 0 atom stereocenters. The fourth-order valence-corrected chi connectivity index (χ4v) is 2.46. The van der Waals surface area contributed by atoms with Crippen LogP contribution in [0.5, 0.6) is 11.5 Å². The second-order valence-corrected chi connectivity index (χ2v) is 5.85. The number of pyridine rings is 1. The molecule has 0 saturated heterocycles. The quantitative estimate of drug-likeness (QED) is 0.581. The standard InChI is InChI=1S/C21H20FN3O3/c1-27-17-6-8-18(9-7-17)28-11-10-24-21(26)15-12-16(14-23-13-15)25-20-5-3-2-4-19(20)22/h2-9,12-14,25H,10-11H2,1H3,(H,24,26). The van der Waals surface area contributed by atoms with Crippen LogP contribution in [0.3, 0.4) is 0 Å². The molecule has 3 aromatic rings. The second kappa shape index (κ2) is 9.36. The van der Waals surface area contributed by atoms with Gasteiger partial charge in [-0.2, -0.15) is 0 Å². The molecule has 2 aromatic carbocycles. The smallest absolute Gasteiger partial charge is 0.253 e. The molecule has 0 bridgehead atoms. The average Bonchev–Trinajstić information content (AvgIpc) is 2.73. The third kappa shape index (κ3) is 5.20. The minimum atomic E-state index is -0.381. The second-order valence-electron chi connectivity index (χ2n) is 5.85. The van der Waals surface area contributed by atoms with Gasteiger partial charge in [0.25, 0.3) is 5.91 Å². The molecule has 0 spiro atoms. The van der Waals surface area contributed by atoms with E-state index in [2.05, 4.69) is 15.6 Å². The number of hydrogen-bond donors (Lipinski definition) is 2. The van der Waals surface area contributed by atoms with Crippen molar-refractivity contribution < 1.29 is 18.7 Å². The van der Waals surface area contributed by atoms with Crippen molar-refractivity contribution in [3.05, 3.63) is 78.4 Å². The molecule has 1 heterocycles. The lowest BCUT2D eigenvalue weighted by molar-refractivity contribution is 0.0946. The number of nitrogens with zero attached hydrogens (tertiary/aromatic N) is 1. The van der Waals surface area contributed by atoms with Crippen molar-refractivity contribution in [2.75, 3.05) is 25.6 Å². The molecular formula is C21H20FN3O3. The van der Waals surface area contributed by atoms with Gasteiger partial charge < -0.3 is 20.1 Å². The van der Waals surface area contributed by atoms with Crippen LogP contribution in [0.4, 0.5) is 15.8 Å². The van der Waals surface area contributed by atoms with E-state index in [4.69, 9.17) is 9.47 Å². The van der Waals surface area contributed by atoms with E-state index in [0.29, 0.717) is 35.8 Å². The van der Waals surface area contributed by atoms with Crippen molar-refractivity contribution in [2.45, 2.75) is 0 Å². The van der Waals surface area contributed by atoms with Crippen molar-refractivity contribution in [1.29, 1.82) is 0 Å². The van der Waals surface area contributed by atoms with Crippen LogP contribution in [0.25, 0.3) is 0 Å². The van der Waals surface area contributed by atoms with Crippen LogP contribution in [0.2, 0.25) is 0 Å². The number of methoxy groups -OCH3 is 1. The highest BCUT2D eigenvalue weighted by Crippen LogP contribution is 2.19. The van der Waals surface area contributed by atoms with E-state index in [1.54, 1.807) is 55.6 Å². The number of para-hydroxylation sites is 1. The minimum Gasteiger partial charge on any atom is -0.497 e. The molecule has 0 aliphatic heterocycles. The van der Waals surface area contributed by atoms with E-state index in [0.717, 1.165) is 5.75 Å². The number of benzene rings is 2. The zero-order chi connectivity index (χ0) is 19.8. The summed E-state index contributed by atoms with van der Waals surface area (Å²) in [6.45, 7) is 0.647. The van der Waals surface area contributed by atoms with Crippen molar-refractivity contribution >= 4 is 17.3 Å². The molecule has 3 rings (SSSR count). The molecule has 1 amide bonds. The summed E-state index contributed by atoms with van der Waals surface area (Å²) >= 11 is 0. The molecule has 6 nitrogen and oxygen atoms in total. The Morgan fingerprint density at radius 2 is 1.82 bits per heavy atom. The molecule has 0 saturated carbocycles. The minimum absolute atomic E-state index is 0.289. The fourth-order valence-electron chi connectivity index (χ4n) is 2.46. The summed E-state index contributed by atoms with van der Waals surface area (Å²) < 4.78 is 24.4. The summed E-state index contributed by atoms with van der Waals surface area (Å²) in [6, 6.07) is 15.1. The lowest BCUT2D eigenvalue weighted by Gasteiger charge is -2.10. The Labute approximate surface area is 162 Å². The first-order valence-electron chi connectivity index (χ1n) is 8.67. The van der Waals surface area contributed by atoms with Crippen molar-refractivity contribution in [3.8, 4) is 11.5 Å². The Kier molecular flexibility index (Phi) is 6.41. The van der Waals surface area contributed by atoms with Crippen LogP contribution >= 0.6 is 0 Å². The third-order valence-corrected chi connectivity index (χ3v) is 3.87. The summed E-state index contributed by atoms with van der Waals surface area (Å²) in [5, 5.41) is 5.68. The number of rotatable bonds is 8. The highest BCUT2D eigenvalue weighted by molar-refractivity contribution is 5.94. The average molecular weight is 381 g/mol. The zero-order valence-corrected chi connectivity index (χ0v) is 15.3. The van der Waals surface area contributed by atoms with E-state index in [1.165, 1.54) is 18.5 Å². The number of hydrogen-bond acceptors (Lipinski definition) is 5. The number of amides is 1. The van der Waals surface area contributed by atoms with E-state index in [-0.39, 0.29) is 11.7 Å². The van der Waals surface area contributed by atoms with Gasteiger partial charge in [0.2, 0.25) is 0 Å². The zero-order valence-electron chi connectivity index (χ0n) is 15.3. The third-order valence-electron chi connectivity index (χ3n) is 3.87. The van der Waals surface area contributed by atoms with Gasteiger partial charge in [0.1, 0.15) is 23.9 Å². The van der Waals surface area contributed by atoms with Gasteiger partial charge in [-0.05, 0) is 42.5 Å². The molecule has 0 radical (unpaired) electrons. The predicted octanol–water partition coefficient (Wildman–Crippen LogP) is 3.78. The Bertz CT molecular complexity index is 932. The molecule has 144 valence electrons. The first-order valence-corrected chi connectivity index (χ1v) is 8.67. The molecular weight excluding hydrogens is 361 g/mol. The highest BCUT2D eigenvalue weighted by Gasteiger charge is 2.08.